The van der Waals surface area contributed by atoms with Gasteiger partial charge in [0.2, 0.25) is 5.91 Å². The fraction of sp³-hybridized carbons (Fsp3) is 0.409. The van der Waals surface area contributed by atoms with E-state index in [1.165, 1.54) is 12.1 Å². The van der Waals surface area contributed by atoms with Crippen molar-refractivity contribution in [3.8, 4) is 0 Å². The Morgan fingerprint density at radius 2 is 1.79 bits per heavy atom. The molecule has 0 bridgehead atoms. The Bertz CT molecular complexity index is 1070. The molecule has 1 aliphatic heterocycles. The van der Waals surface area contributed by atoms with Gasteiger partial charge in [0.25, 0.3) is 0 Å². The lowest BCUT2D eigenvalue weighted by Gasteiger charge is -2.37. The minimum atomic E-state index is -4.87. The molecule has 1 amide bonds. The van der Waals surface area contributed by atoms with E-state index in [1.807, 2.05) is 0 Å². The molecule has 2 atom stereocenters. The van der Waals surface area contributed by atoms with Gasteiger partial charge < -0.3 is 15.3 Å². The molecule has 2 aliphatic rings. The summed E-state index contributed by atoms with van der Waals surface area (Å²) in [5, 5.41) is 13.1. The zero-order valence-electron chi connectivity index (χ0n) is 17.0. The molecule has 2 aromatic rings. The summed E-state index contributed by atoms with van der Waals surface area (Å²) in [6, 6.07) is 5.94. The number of benzene rings is 2. The van der Waals surface area contributed by atoms with E-state index in [9.17, 15) is 27.5 Å². The molecule has 0 unspecified atom stereocenters. The molecule has 4 nitrogen and oxygen atoms in total. The van der Waals surface area contributed by atoms with Crippen LogP contribution in [0.2, 0.25) is 15.1 Å². The van der Waals surface area contributed by atoms with Gasteiger partial charge in [-0.05, 0) is 49.1 Å². The van der Waals surface area contributed by atoms with E-state index < -0.39 is 30.1 Å². The zero-order chi connectivity index (χ0) is 24.1. The summed E-state index contributed by atoms with van der Waals surface area (Å²) < 4.78 is 57.8. The molecule has 1 heterocycles. The number of amides is 1. The lowest BCUT2D eigenvalue weighted by Crippen LogP contribution is -2.52. The van der Waals surface area contributed by atoms with Crippen LogP contribution in [0.25, 0.3) is 0 Å². The van der Waals surface area contributed by atoms with Crippen LogP contribution in [-0.4, -0.2) is 30.0 Å². The number of anilines is 1. The molecule has 0 aromatic heterocycles. The number of nitrogens with one attached hydrogen (secondary N) is 1. The lowest BCUT2D eigenvalue weighted by molar-refractivity contribution is -0.210. The number of aliphatic hydroxyl groups excluding tert-OH is 1. The molecule has 11 heteroatoms. The average Bonchev–Trinajstić information content (AvgIpc) is 3.52. The number of carbonyl (C=O) groups is 1. The maximum atomic E-state index is 14.7. The number of carbonyl (C=O) groups excluding carboxylic acids is 1. The van der Waals surface area contributed by atoms with Crippen LogP contribution in [0.5, 0.6) is 0 Å². The Labute approximate surface area is 202 Å². The van der Waals surface area contributed by atoms with Crippen molar-refractivity contribution >= 4 is 46.4 Å². The summed E-state index contributed by atoms with van der Waals surface area (Å²) in [5.74, 6) is -0.876. The van der Waals surface area contributed by atoms with Crippen LogP contribution in [-0.2, 0) is 16.8 Å². The fourth-order valence-electron chi connectivity index (χ4n) is 4.17. The highest BCUT2D eigenvalue weighted by molar-refractivity contribution is 6.48. The molecule has 1 aliphatic carbocycles. The summed E-state index contributed by atoms with van der Waals surface area (Å²) in [4.78, 5) is 12.9. The first-order valence-electron chi connectivity index (χ1n) is 10.2. The van der Waals surface area contributed by atoms with Gasteiger partial charge in [-0.2, -0.15) is 13.2 Å². The van der Waals surface area contributed by atoms with E-state index in [0.29, 0.717) is 0 Å². The maximum Gasteiger partial charge on any atom is 0.402 e. The number of hydrogen-bond donors (Lipinski definition) is 2. The average molecular weight is 526 g/mol. The van der Waals surface area contributed by atoms with Crippen molar-refractivity contribution in [1.82, 2.24) is 5.32 Å². The van der Waals surface area contributed by atoms with Crippen LogP contribution in [0.1, 0.15) is 30.4 Å². The van der Waals surface area contributed by atoms with E-state index in [1.54, 1.807) is 0 Å². The normalized spacial score (nSPS) is 23.2. The Hall–Kier alpha value is -1.74. The van der Waals surface area contributed by atoms with Crippen molar-refractivity contribution in [1.29, 1.82) is 0 Å². The monoisotopic (exact) mass is 524 g/mol. The highest BCUT2D eigenvalue weighted by Crippen LogP contribution is 2.53. The van der Waals surface area contributed by atoms with Crippen molar-refractivity contribution in [3.05, 3.63) is 62.3 Å². The quantitative estimate of drug-likeness (QED) is 0.381. The van der Waals surface area contributed by atoms with Gasteiger partial charge >= 0.3 is 6.18 Å². The summed E-state index contributed by atoms with van der Waals surface area (Å²) in [5.41, 5.74) is -2.77. The van der Waals surface area contributed by atoms with Crippen molar-refractivity contribution in [3.63, 3.8) is 0 Å². The molecule has 2 fully saturated rings. The second-order valence-electron chi connectivity index (χ2n) is 8.31. The van der Waals surface area contributed by atoms with E-state index >= 15 is 0 Å². The highest BCUT2D eigenvalue weighted by atomic mass is 35.5. The van der Waals surface area contributed by atoms with Crippen molar-refractivity contribution in [2.45, 2.75) is 43.6 Å². The standard InChI is InChI=1S/C22H19Cl3F4N2O2/c23-15-7-13(8-16(24)18(15)25)21(22(27,28)29)5-6-31(20(21)33)14-4-3-12(17(26)9-14)10-30-19(32)11-1-2-11/h3-4,7-9,11,20,33H,1-2,5-6,10H2,(H,30,32)/t20-,21-/m1/s1. The molecule has 1 saturated carbocycles. The third-order valence-corrected chi connectivity index (χ3v) is 7.45. The van der Waals surface area contributed by atoms with E-state index in [0.717, 1.165) is 35.9 Å². The lowest BCUT2D eigenvalue weighted by atomic mass is 9.77. The Kier molecular flexibility index (Phi) is 6.50. The Morgan fingerprint density at radius 1 is 1.15 bits per heavy atom. The molecule has 2 N–H and O–H groups in total. The first-order chi connectivity index (χ1) is 15.5. The maximum absolute atomic E-state index is 14.7. The summed E-state index contributed by atoms with van der Waals surface area (Å²) in [7, 11) is 0. The zero-order valence-corrected chi connectivity index (χ0v) is 19.3. The van der Waals surface area contributed by atoms with Crippen molar-refractivity contribution in [2.75, 3.05) is 11.4 Å². The number of rotatable bonds is 5. The van der Waals surface area contributed by atoms with Crippen LogP contribution >= 0.6 is 34.8 Å². The second-order valence-corrected chi connectivity index (χ2v) is 9.50. The first kappa shape index (κ1) is 24.4. The van der Waals surface area contributed by atoms with Gasteiger partial charge in [-0.3, -0.25) is 4.79 Å². The van der Waals surface area contributed by atoms with Gasteiger partial charge in [-0.25, -0.2) is 4.39 Å². The van der Waals surface area contributed by atoms with Gasteiger partial charge in [0.05, 0.1) is 15.1 Å². The molecule has 33 heavy (non-hydrogen) atoms. The third-order valence-electron chi connectivity index (χ3n) is 6.26. The van der Waals surface area contributed by atoms with E-state index in [-0.39, 0.29) is 56.8 Å². The molecule has 1 saturated heterocycles. The van der Waals surface area contributed by atoms with Crippen LogP contribution < -0.4 is 10.2 Å². The number of halogens is 7. The molecular weight excluding hydrogens is 507 g/mol. The summed E-state index contributed by atoms with van der Waals surface area (Å²) in [6.07, 6.45) is -5.82. The van der Waals surface area contributed by atoms with Crippen LogP contribution in [0.3, 0.4) is 0 Å². The van der Waals surface area contributed by atoms with Crippen molar-refractivity contribution in [2.24, 2.45) is 5.92 Å². The Morgan fingerprint density at radius 3 is 2.33 bits per heavy atom. The van der Waals surface area contributed by atoms with Gasteiger partial charge in [0.1, 0.15) is 17.5 Å². The van der Waals surface area contributed by atoms with Gasteiger partial charge in [0.15, 0.2) is 0 Å². The summed E-state index contributed by atoms with van der Waals surface area (Å²) in [6.45, 7) is -0.228. The smallest absolute Gasteiger partial charge is 0.372 e. The SMILES string of the molecule is O=C(NCc1ccc(N2CC[C@](c3cc(Cl)c(Cl)c(Cl)c3)(C(F)(F)F)[C@H]2O)cc1F)C1CC1. The summed E-state index contributed by atoms with van der Waals surface area (Å²) >= 11 is 17.8. The first-order valence-corrected chi connectivity index (χ1v) is 11.3. The van der Waals surface area contributed by atoms with Crippen LogP contribution in [0.4, 0.5) is 23.2 Å². The number of alkyl halides is 3. The van der Waals surface area contributed by atoms with Crippen LogP contribution in [0, 0.1) is 11.7 Å². The highest BCUT2D eigenvalue weighted by Gasteiger charge is 2.65. The topological polar surface area (TPSA) is 52.6 Å². The van der Waals surface area contributed by atoms with E-state index in [4.69, 9.17) is 34.8 Å². The third kappa shape index (κ3) is 4.38. The molecular formula is C22H19Cl3F4N2O2. The predicted molar refractivity (Wildman–Crippen MR) is 118 cm³/mol. The van der Waals surface area contributed by atoms with Crippen LogP contribution in [0.15, 0.2) is 30.3 Å². The van der Waals surface area contributed by atoms with Gasteiger partial charge in [-0.1, -0.05) is 40.9 Å². The molecule has 0 radical (unpaired) electrons. The number of hydrogen-bond acceptors (Lipinski definition) is 3. The molecule has 0 spiro atoms. The second kappa shape index (κ2) is 8.80. The minimum absolute atomic E-state index is 0.0295. The molecule has 178 valence electrons. The molecule has 2 aromatic carbocycles. The van der Waals surface area contributed by atoms with Gasteiger partial charge in [0, 0.05) is 30.3 Å². The van der Waals surface area contributed by atoms with E-state index in [2.05, 4.69) is 5.32 Å². The minimum Gasteiger partial charge on any atom is -0.372 e. The number of aliphatic hydroxyl groups is 1. The largest absolute Gasteiger partial charge is 0.402 e. The Balaban J connectivity index is 1.63. The number of nitrogens with zero attached hydrogens (tertiary/aromatic N) is 1. The molecule has 4 rings (SSSR count). The fourth-order valence-corrected chi connectivity index (χ4v) is 4.77. The predicted octanol–water partition coefficient (Wildman–Crippen LogP) is 5.84. The van der Waals surface area contributed by atoms with Crippen molar-refractivity contribution < 1.29 is 27.5 Å². The van der Waals surface area contributed by atoms with Gasteiger partial charge in [-0.15, -0.1) is 0 Å².